The minimum absolute atomic E-state index is 0.143. The Morgan fingerprint density at radius 2 is 2.25 bits per heavy atom. The van der Waals surface area contributed by atoms with Crippen molar-refractivity contribution in [2.45, 2.75) is 31.1 Å². The summed E-state index contributed by atoms with van der Waals surface area (Å²) in [6.07, 6.45) is 4.72. The zero-order valence-corrected chi connectivity index (χ0v) is 10.1. The molecule has 1 fully saturated rings. The van der Waals surface area contributed by atoms with Crippen molar-refractivity contribution < 1.29 is 9.13 Å². The van der Waals surface area contributed by atoms with Crippen molar-refractivity contribution in [1.82, 2.24) is 0 Å². The molecule has 1 atom stereocenters. The summed E-state index contributed by atoms with van der Waals surface area (Å²) in [5.74, 6) is 1.13. The SMILES string of the molecule is COc1ccc(F)cc1C(Cl)CC1CCC1. The highest BCUT2D eigenvalue weighted by Crippen LogP contribution is 2.40. The number of hydrogen-bond acceptors (Lipinski definition) is 1. The lowest BCUT2D eigenvalue weighted by Gasteiger charge is -2.27. The van der Waals surface area contributed by atoms with E-state index < -0.39 is 0 Å². The third-order valence-electron chi connectivity index (χ3n) is 3.29. The fourth-order valence-electron chi connectivity index (χ4n) is 2.10. The summed E-state index contributed by atoms with van der Waals surface area (Å²) in [4.78, 5) is 0. The van der Waals surface area contributed by atoms with E-state index in [-0.39, 0.29) is 11.2 Å². The largest absolute Gasteiger partial charge is 0.496 e. The molecule has 0 radical (unpaired) electrons. The van der Waals surface area contributed by atoms with Crippen molar-refractivity contribution in [1.29, 1.82) is 0 Å². The maximum Gasteiger partial charge on any atom is 0.123 e. The lowest BCUT2D eigenvalue weighted by Crippen LogP contribution is -2.13. The van der Waals surface area contributed by atoms with E-state index in [1.54, 1.807) is 13.2 Å². The molecule has 2 rings (SSSR count). The summed E-state index contributed by atoms with van der Waals surface area (Å²) in [5, 5.41) is -0.143. The molecule has 0 heterocycles. The first-order valence-electron chi connectivity index (χ1n) is 5.68. The van der Waals surface area contributed by atoms with E-state index >= 15 is 0 Å². The second kappa shape index (κ2) is 5.05. The molecule has 1 unspecified atom stereocenters. The van der Waals surface area contributed by atoms with Crippen molar-refractivity contribution in [3.63, 3.8) is 0 Å². The number of methoxy groups -OCH3 is 1. The highest BCUT2D eigenvalue weighted by atomic mass is 35.5. The molecule has 1 aromatic carbocycles. The van der Waals surface area contributed by atoms with Gasteiger partial charge in [0.05, 0.1) is 12.5 Å². The molecule has 0 aliphatic heterocycles. The molecule has 0 bridgehead atoms. The van der Waals surface area contributed by atoms with E-state index in [2.05, 4.69) is 0 Å². The molecular weight excluding hydrogens is 227 g/mol. The van der Waals surface area contributed by atoms with E-state index in [1.807, 2.05) is 0 Å². The van der Waals surface area contributed by atoms with E-state index in [9.17, 15) is 4.39 Å². The lowest BCUT2D eigenvalue weighted by atomic mass is 9.81. The van der Waals surface area contributed by atoms with Crippen LogP contribution in [0.3, 0.4) is 0 Å². The van der Waals surface area contributed by atoms with E-state index in [1.165, 1.54) is 31.4 Å². The van der Waals surface area contributed by atoms with Gasteiger partial charge in [-0.1, -0.05) is 19.3 Å². The summed E-state index contributed by atoms with van der Waals surface area (Å²) in [5.41, 5.74) is 0.774. The Bertz CT molecular complexity index is 363. The minimum atomic E-state index is -0.255. The van der Waals surface area contributed by atoms with Crippen LogP contribution in [0.4, 0.5) is 4.39 Å². The number of rotatable bonds is 4. The van der Waals surface area contributed by atoms with Crippen molar-refractivity contribution >= 4 is 11.6 Å². The van der Waals surface area contributed by atoms with Crippen molar-refractivity contribution in [2.75, 3.05) is 7.11 Å². The Morgan fingerprint density at radius 1 is 1.50 bits per heavy atom. The summed E-state index contributed by atoms with van der Waals surface area (Å²) >= 11 is 6.32. The maximum absolute atomic E-state index is 13.2. The topological polar surface area (TPSA) is 9.23 Å². The van der Waals surface area contributed by atoms with Gasteiger partial charge in [-0.2, -0.15) is 0 Å². The minimum Gasteiger partial charge on any atom is -0.496 e. The van der Waals surface area contributed by atoms with Crippen LogP contribution in [0.5, 0.6) is 5.75 Å². The third-order valence-corrected chi connectivity index (χ3v) is 3.71. The highest BCUT2D eigenvalue weighted by Gasteiger charge is 2.23. The smallest absolute Gasteiger partial charge is 0.123 e. The predicted octanol–water partition coefficient (Wildman–Crippen LogP) is 4.30. The van der Waals surface area contributed by atoms with Gasteiger partial charge in [0.1, 0.15) is 11.6 Å². The summed E-state index contributed by atoms with van der Waals surface area (Å²) in [6.45, 7) is 0. The van der Waals surface area contributed by atoms with E-state index in [0.29, 0.717) is 11.7 Å². The van der Waals surface area contributed by atoms with Crippen LogP contribution in [0.25, 0.3) is 0 Å². The van der Waals surface area contributed by atoms with Gasteiger partial charge >= 0.3 is 0 Å². The number of halogens is 2. The van der Waals surface area contributed by atoms with E-state index in [4.69, 9.17) is 16.3 Å². The number of alkyl halides is 1. The molecular formula is C13H16ClFO. The molecule has 0 saturated heterocycles. The van der Waals surface area contributed by atoms with Crippen LogP contribution in [0.2, 0.25) is 0 Å². The molecule has 0 amide bonds. The second-order valence-corrected chi connectivity index (χ2v) is 4.91. The first-order chi connectivity index (χ1) is 7.70. The first-order valence-corrected chi connectivity index (χ1v) is 6.12. The zero-order chi connectivity index (χ0) is 11.5. The Balaban J connectivity index is 2.13. The molecule has 88 valence electrons. The van der Waals surface area contributed by atoms with Gasteiger partial charge in [0.15, 0.2) is 0 Å². The molecule has 0 aromatic heterocycles. The van der Waals surface area contributed by atoms with Crippen LogP contribution in [0.15, 0.2) is 18.2 Å². The van der Waals surface area contributed by atoms with Crippen molar-refractivity contribution in [3.8, 4) is 5.75 Å². The predicted molar refractivity (Wildman–Crippen MR) is 63.5 cm³/mol. The first kappa shape index (κ1) is 11.7. The summed E-state index contributed by atoms with van der Waals surface area (Å²) in [6, 6.07) is 4.52. The van der Waals surface area contributed by atoms with Gasteiger partial charge in [0, 0.05) is 5.56 Å². The second-order valence-electron chi connectivity index (χ2n) is 4.39. The van der Waals surface area contributed by atoms with Crippen LogP contribution in [0.1, 0.15) is 36.6 Å². The average Bonchev–Trinajstić information content (AvgIpc) is 2.23. The molecule has 0 N–H and O–H groups in total. The monoisotopic (exact) mass is 242 g/mol. The number of benzene rings is 1. The summed E-state index contributed by atoms with van der Waals surface area (Å²) < 4.78 is 18.4. The zero-order valence-electron chi connectivity index (χ0n) is 9.38. The quantitative estimate of drug-likeness (QED) is 0.715. The molecule has 3 heteroatoms. The molecule has 1 saturated carbocycles. The van der Waals surface area contributed by atoms with Crippen LogP contribution in [-0.2, 0) is 0 Å². The van der Waals surface area contributed by atoms with Gasteiger partial charge in [0.25, 0.3) is 0 Å². The highest BCUT2D eigenvalue weighted by molar-refractivity contribution is 6.21. The van der Waals surface area contributed by atoms with Gasteiger partial charge in [-0.05, 0) is 30.5 Å². The van der Waals surface area contributed by atoms with Gasteiger partial charge in [-0.15, -0.1) is 11.6 Å². The molecule has 0 spiro atoms. The van der Waals surface area contributed by atoms with Crippen LogP contribution >= 0.6 is 11.6 Å². The van der Waals surface area contributed by atoms with Crippen molar-refractivity contribution in [3.05, 3.63) is 29.6 Å². The maximum atomic E-state index is 13.2. The normalized spacial score (nSPS) is 17.9. The Labute approximate surface area is 101 Å². The average molecular weight is 243 g/mol. The standard InChI is InChI=1S/C13H16ClFO/c1-16-13-6-5-10(15)8-11(13)12(14)7-9-3-2-4-9/h5-6,8-9,12H,2-4,7H2,1H3. The number of hydrogen-bond donors (Lipinski definition) is 0. The van der Waals surface area contributed by atoms with Crippen molar-refractivity contribution in [2.24, 2.45) is 5.92 Å². The summed E-state index contributed by atoms with van der Waals surface area (Å²) in [7, 11) is 1.59. The van der Waals surface area contributed by atoms with Gasteiger partial charge in [0.2, 0.25) is 0 Å². The van der Waals surface area contributed by atoms with Crippen LogP contribution in [0, 0.1) is 11.7 Å². The molecule has 1 aliphatic carbocycles. The Kier molecular flexibility index (Phi) is 3.70. The van der Waals surface area contributed by atoms with Gasteiger partial charge in [-0.3, -0.25) is 0 Å². The molecule has 1 aliphatic rings. The fourth-order valence-corrected chi connectivity index (χ4v) is 2.52. The molecule has 1 nitrogen and oxygen atoms in total. The Morgan fingerprint density at radius 3 is 2.81 bits per heavy atom. The van der Waals surface area contributed by atoms with Gasteiger partial charge in [-0.25, -0.2) is 4.39 Å². The Hall–Kier alpha value is -0.760. The van der Waals surface area contributed by atoms with E-state index in [0.717, 1.165) is 12.0 Å². The molecule has 16 heavy (non-hydrogen) atoms. The lowest BCUT2D eigenvalue weighted by molar-refractivity contribution is 0.291. The van der Waals surface area contributed by atoms with Gasteiger partial charge < -0.3 is 4.74 Å². The van der Waals surface area contributed by atoms with Crippen LogP contribution in [-0.4, -0.2) is 7.11 Å². The fraction of sp³-hybridized carbons (Fsp3) is 0.538. The molecule has 1 aromatic rings. The third kappa shape index (κ3) is 2.49. The van der Waals surface area contributed by atoms with Crippen LogP contribution < -0.4 is 4.74 Å². The number of ether oxygens (including phenoxy) is 1.